The molecule has 1 saturated heterocycles. The maximum atomic E-state index is 5.55. The molecule has 2 N–H and O–H groups in total. The molecule has 2 fully saturated rings. The molecule has 1 aromatic carbocycles. The summed E-state index contributed by atoms with van der Waals surface area (Å²) >= 11 is 0. The quantitative estimate of drug-likeness (QED) is 0.262. The van der Waals surface area contributed by atoms with E-state index in [1.165, 1.54) is 37.8 Å². The van der Waals surface area contributed by atoms with Gasteiger partial charge >= 0.3 is 0 Å². The van der Waals surface area contributed by atoms with Crippen LogP contribution in [0, 0.1) is 11.3 Å². The Morgan fingerprint density at radius 2 is 1.97 bits per heavy atom. The summed E-state index contributed by atoms with van der Waals surface area (Å²) in [5.74, 6) is 2.52. The summed E-state index contributed by atoms with van der Waals surface area (Å²) in [6.07, 6.45) is 7.49. The van der Waals surface area contributed by atoms with Crippen molar-refractivity contribution < 1.29 is 9.47 Å². The summed E-state index contributed by atoms with van der Waals surface area (Å²) in [5.41, 5.74) is 1.52. The summed E-state index contributed by atoms with van der Waals surface area (Å²) < 4.78 is 10.9. The first-order valence-corrected chi connectivity index (χ1v) is 11.6. The normalized spacial score (nSPS) is 20.4. The number of hydrogen-bond acceptors (Lipinski definition) is 4. The standard InChI is InChI=1S/C24H40N4O2.HI/c1-4-25-23(27-19-24(14-16-29-2)12-7-8-13-24)26-17-20-11-15-28(18-20)21-9-5-6-10-22(21)30-3;/h5-6,9-10,20H,4,7-8,11-19H2,1-3H3,(H2,25,26,27);1H. The van der Waals surface area contributed by atoms with Crippen LogP contribution < -0.4 is 20.3 Å². The zero-order valence-electron chi connectivity index (χ0n) is 19.5. The van der Waals surface area contributed by atoms with Crippen LogP contribution in [0.1, 0.15) is 45.4 Å². The Morgan fingerprint density at radius 1 is 1.19 bits per heavy atom. The van der Waals surface area contributed by atoms with Crippen molar-refractivity contribution in [1.29, 1.82) is 0 Å². The lowest BCUT2D eigenvalue weighted by Crippen LogP contribution is -2.41. The molecule has 1 heterocycles. The van der Waals surface area contributed by atoms with Crippen LogP contribution in [0.25, 0.3) is 0 Å². The van der Waals surface area contributed by atoms with E-state index in [0.717, 1.165) is 57.5 Å². The van der Waals surface area contributed by atoms with Crippen LogP contribution in [0.15, 0.2) is 29.3 Å². The first-order chi connectivity index (χ1) is 14.7. The Kier molecular flexibility index (Phi) is 11.2. The van der Waals surface area contributed by atoms with Crippen LogP contribution in [0.3, 0.4) is 0 Å². The molecular weight excluding hydrogens is 503 g/mol. The molecule has 1 aliphatic heterocycles. The zero-order valence-corrected chi connectivity index (χ0v) is 21.8. The van der Waals surface area contributed by atoms with Gasteiger partial charge in [0.15, 0.2) is 5.96 Å². The van der Waals surface area contributed by atoms with Crippen LogP contribution in [0.5, 0.6) is 5.75 Å². The van der Waals surface area contributed by atoms with Crippen molar-refractivity contribution in [2.45, 2.75) is 45.4 Å². The molecule has 1 aliphatic carbocycles. The molecular formula is C24H41IN4O2. The summed E-state index contributed by atoms with van der Waals surface area (Å²) in [6, 6.07) is 8.31. The van der Waals surface area contributed by atoms with Gasteiger partial charge in [0.25, 0.3) is 0 Å². The van der Waals surface area contributed by atoms with Gasteiger partial charge in [0.2, 0.25) is 0 Å². The van der Waals surface area contributed by atoms with E-state index in [4.69, 9.17) is 14.5 Å². The fourth-order valence-electron chi connectivity index (χ4n) is 4.87. The molecule has 0 aromatic heterocycles. The second-order valence-corrected chi connectivity index (χ2v) is 8.80. The van der Waals surface area contributed by atoms with Gasteiger partial charge in [0.05, 0.1) is 12.8 Å². The SMILES string of the molecule is CCNC(=NCC1(CCOC)CCCC1)NCC1CCN(c2ccccc2OC)C1.I. The lowest BCUT2D eigenvalue weighted by molar-refractivity contribution is 0.141. The van der Waals surface area contributed by atoms with Gasteiger partial charge in [-0.15, -0.1) is 24.0 Å². The predicted molar refractivity (Wildman–Crippen MR) is 140 cm³/mol. The minimum Gasteiger partial charge on any atom is -0.495 e. The van der Waals surface area contributed by atoms with Gasteiger partial charge in [0, 0.05) is 46.4 Å². The topological polar surface area (TPSA) is 58.1 Å². The van der Waals surface area contributed by atoms with Crippen molar-refractivity contribution in [2.75, 3.05) is 58.5 Å². The molecule has 1 unspecified atom stereocenters. The number of methoxy groups -OCH3 is 2. The summed E-state index contributed by atoms with van der Waals surface area (Å²) in [4.78, 5) is 7.43. The number of benzene rings is 1. The second-order valence-electron chi connectivity index (χ2n) is 8.80. The average Bonchev–Trinajstić information content (AvgIpc) is 3.44. The van der Waals surface area contributed by atoms with Crippen molar-refractivity contribution in [3.8, 4) is 5.75 Å². The van der Waals surface area contributed by atoms with E-state index in [1.807, 2.05) is 12.1 Å². The van der Waals surface area contributed by atoms with Crippen LogP contribution in [0.2, 0.25) is 0 Å². The second kappa shape index (κ2) is 13.4. The number of nitrogens with one attached hydrogen (secondary N) is 2. The number of halogens is 1. The monoisotopic (exact) mass is 544 g/mol. The highest BCUT2D eigenvalue weighted by Crippen LogP contribution is 2.41. The Balaban J connectivity index is 0.00000341. The number of para-hydroxylation sites is 2. The van der Waals surface area contributed by atoms with E-state index in [-0.39, 0.29) is 24.0 Å². The van der Waals surface area contributed by atoms with Crippen LogP contribution >= 0.6 is 24.0 Å². The van der Waals surface area contributed by atoms with Gasteiger partial charge in [-0.25, -0.2) is 0 Å². The molecule has 1 aromatic rings. The first kappa shape index (κ1) is 26.0. The fraction of sp³-hybridized carbons (Fsp3) is 0.708. The highest BCUT2D eigenvalue weighted by atomic mass is 127. The van der Waals surface area contributed by atoms with Gasteiger partial charge in [-0.1, -0.05) is 25.0 Å². The van der Waals surface area contributed by atoms with Gasteiger partial charge in [-0.2, -0.15) is 0 Å². The van der Waals surface area contributed by atoms with Crippen LogP contribution in [0.4, 0.5) is 5.69 Å². The minimum atomic E-state index is 0. The minimum absolute atomic E-state index is 0. The van der Waals surface area contributed by atoms with E-state index in [9.17, 15) is 0 Å². The van der Waals surface area contributed by atoms with E-state index < -0.39 is 0 Å². The maximum Gasteiger partial charge on any atom is 0.191 e. The number of guanidine groups is 1. The number of nitrogens with zero attached hydrogens (tertiary/aromatic N) is 2. The Morgan fingerprint density at radius 3 is 2.68 bits per heavy atom. The molecule has 0 amide bonds. The largest absolute Gasteiger partial charge is 0.495 e. The average molecular weight is 545 g/mol. The molecule has 3 rings (SSSR count). The fourth-order valence-corrected chi connectivity index (χ4v) is 4.87. The van der Waals surface area contributed by atoms with Gasteiger partial charge in [-0.3, -0.25) is 4.99 Å². The predicted octanol–water partition coefficient (Wildman–Crippen LogP) is 4.29. The third-order valence-electron chi connectivity index (χ3n) is 6.69. The molecule has 6 nitrogen and oxygen atoms in total. The van der Waals surface area contributed by atoms with Crippen molar-refractivity contribution >= 4 is 35.6 Å². The molecule has 2 aliphatic rings. The molecule has 1 atom stereocenters. The van der Waals surface area contributed by atoms with Gasteiger partial charge < -0.3 is 25.0 Å². The summed E-state index contributed by atoms with van der Waals surface area (Å²) in [6.45, 7) is 7.80. The number of rotatable bonds is 10. The lowest BCUT2D eigenvalue weighted by Gasteiger charge is -2.27. The zero-order chi connectivity index (χ0) is 21.2. The summed E-state index contributed by atoms with van der Waals surface area (Å²) in [7, 11) is 3.55. The number of ether oxygens (including phenoxy) is 2. The molecule has 7 heteroatoms. The maximum absolute atomic E-state index is 5.55. The third-order valence-corrected chi connectivity index (χ3v) is 6.69. The Bertz CT molecular complexity index is 679. The van der Waals surface area contributed by atoms with Crippen molar-refractivity contribution in [3.05, 3.63) is 24.3 Å². The molecule has 0 bridgehead atoms. The molecule has 0 spiro atoms. The van der Waals surface area contributed by atoms with Crippen molar-refractivity contribution in [3.63, 3.8) is 0 Å². The summed E-state index contributed by atoms with van der Waals surface area (Å²) in [5, 5.41) is 7.05. The van der Waals surface area contributed by atoms with Gasteiger partial charge in [-0.05, 0) is 56.1 Å². The molecule has 1 saturated carbocycles. The number of aliphatic imine (C=N–C) groups is 1. The van der Waals surface area contributed by atoms with E-state index in [0.29, 0.717) is 11.3 Å². The number of hydrogen-bond donors (Lipinski definition) is 2. The highest BCUT2D eigenvalue weighted by molar-refractivity contribution is 14.0. The van der Waals surface area contributed by atoms with E-state index in [2.05, 4.69) is 34.6 Å². The number of anilines is 1. The lowest BCUT2D eigenvalue weighted by atomic mass is 9.83. The smallest absolute Gasteiger partial charge is 0.191 e. The van der Waals surface area contributed by atoms with Gasteiger partial charge in [0.1, 0.15) is 5.75 Å². The van der Waals surface area contributed by atoms with Crippen molar-refractivity contribution in [2.24, 2.45) is 16.3 Å². The first-order valence-electron chi connectivity index (χ1n) is 11.6. The Hall–Kier alpha value is -1.22. The molecule has 0 radical (unpaired) electrons. The highest BCUT2D eigenvalue weighted by Gasteiger charge is 2.33. The third kappa shape index (κ3) is 7.41. The van der Waals surface area contributed by atoms with Crippen molar-refractivity contribution in [1.82, 2.24) is 10.6 Å². The van der Waals surface area contributed by atoms with Crippen LogP contribution in [-0.2, 0) is 4.74 Å². The van der Waals surface area contributed by atoms with E-state index >= 15 is 0 Å². The van der Waals surface area contributed by atoms with Crippen LogP contribution in [-0.4, -0.2) is 59.5 Å². The van der Waals surface area contributed by atoms with E-state index in [1.54, 1.807) is 14.2 Å². The molecule has 176 valence electrons. The Labute approximate surface area is 205 Å². The molecule has 31 heavy (non-hydrogen) atoms.